The van der Waals surface area contributed by atoms with Crippen LogP contribution in [0.2, 0.25) is 5.02 Å². The number of hydrogen-bond acceptors (Lipinski definition) is 7. The van der Waals surface area contributed by atoms with Crippen LogP contribution >= 0.6 is 11.6 Å². The molecule has 8 nitrogen and oxygen atoms in total. The number of rotatable bonds is 9. The summed E-state index contributed by atoms with van der Waals surface area (Å²) in [5.74, 6) is -0.393. The summed E-state index contributed by atoms with van der Waals surface area (Å²) in [5.41, 5.74) is 3.19. The minimum Gasteiger partial charge on any atom is -0.491 e. The Morgan fingerprint density at radius 3 is 2.79 bits per heavy atom. The number of nitrogens with zero attached hydrogens (tertiary/aromatic N) is 1. The first-order chi connectivity index (χ1) is 16.4. The zero-order valence-corrected chi connectivity index (χ0v) is 19.9. The summed E-state index contributed by atoms with van der Waals surface area (Å²) in [5, 5.41) is 13.0. The van der Waals surface area contributed by atoms with Crippen molar-refractivity contribution in [1.29, 1.82) is 0 Å². The van der Waals surface area contributed by atoms with E-state index >= 15 is 0 Å². The van der Waals surface area contributed by atoms with Gasteiger partial charge in [0.1, 0.15) is 25.5 Å². The molecule has 0 spiro atoms. The van der Waals surface area contributed by atoms with E-state index in [1.54, 1.807) is 37.3 Å². The Bertz CT molecular complexity index is 1060. The third-order valence-electron chi connectivity index (χ3n) is 6.15. The van der Waals surface area contributed by atoms with Crippen molar-refractivity contribution in [3.8, 4) is 5.75 Å². The van der Waals surface area contributed by atoms with Gasteiger partial charge in [0.05, 0.1) is 11.6 Å². The maximum absolute atomic E-state index is 12.5. The Labute approximate surface area is 204 Å². The first-order valence-electron chi connectivity index (χ1n) is 11.4. The van der Waals surface area contributed by atoms with Crippen LogP contribution in [0.25, 0.3) is 0 Å². The van der Waals surface area contributed by atoms with E-state index < -0.39 is 19.0 Å². The lowest BCUT2D eigenvalue weighted by atomic mass is 9.75. The van der Waals surface area contributed by atoms with Crippen molar-refractivity contribution in [3.63, 3.8) is 0 Å². The fourth-order valence-corrected chi connectivity index (χ4v) is 4.51. The molecule has 2 aromatic carbocycles. The first kappa shape index (κ1) is 24.5. The number of hydrogen-bond donors (Lipinski definition) is 2. The summed E-state index contributed by atoms with van der Waals surface area (Å²) >= 11 is 6.31. The third-order valence-corrected chi connectivity index (χ3v) is 6.44. The molecule has 0 bridgehead atoms. The van der Waals surface area contributed by atoms with E-state index in [0.29, 0.717) is 40.6 Å². The van der Waals surface area contributed by atoms with Crippen LogP contribution in [0, 0.1) is 6.92 Å². The molecule has 1 amide bonds. The van der Waals surface area contributed by atoms with Crippen molar-refractivity contribution in [2.24, 2.45) is 0 Å². The molecule has 1 fully saturated rings. The predicted molar refractivity (Wildman–Crippen MR) is 128 cm³/mol. The van der Waals surface area contributed by atoms with E-state index in [9.17, 15) is 14.6 Å². The Morgan fingerprint density at radius 2 is 2.03 bits per heavy atom. The second-order valence-electron chi connectivity index (χ2n) is 8.48. The van der Waals surface area contributed by atoms with Gasteiger partial charge in [-0.25, -0.2) is 0 Å². The molecular formula is C24H28BClN2O6. The minimum atomic E-state index is -1.04. The minimum absolute atomic E-state index is 0.0316. The lowest BCUT2D eigenvalue weighted by Crippen LogP contribution is -2.35. The van der Waals surface area contributed by atoms with E-state index in [-0.39, 0.29) is 13.2 Å². The molecule has 2 aliphatic heterocycles. The van der Waals surface area contributed by atoms with E-state index in [0.717, 1.165) is 30.8 Å². The maximum Gasteiger partial charge on any atom is 0.492 e. The summed E-state index contributed by atoms with van der Waals surface area (Å²) in [6.45, 7) is 5.49. The normalized spacial score (nSPS) is 15.3. The SMILES string of the molecule is Cc1c(C(=O)NCC(=O)OCc2ccc(OCCN3CCCC3)c(Cl)c2)ccc2c1B(O)OC2. The van der Waals surface area contributed by atoms with Crippen LogP contribution in [0.1, 0.15) is 39.9 Å². The van der Waals surface area contributed by atoms with Gasteiger partial charge in [-0.15, -0.1) is 0 Å². The highest BCUT2D eigenvalue weighted by Gasteiger charge is 2.31. The van der Waals surface area contributed by atoms with Gasteiger partial charge >= 0.3 is 13.1 Å². The molecule has 10 heteroatoms. The lowest BCUT2D eigenvalue weighted by molar-refractivity contribution is -0.143. The number of halogens is 1. The standard InChI is InChI=1S/C24H28BClN2O6/c1-16-19(6-5-18-15-34-25(31)23(16)18)24(30)27-13-22(29)33-14-17-4-7-21(20(26)12-17)32-11-10-28-8-2-3-9-28/h4-7,12,31H,2-3,8-11,13-15H2,1H3,(H,27,30). The van der Waals surface area contributed by atoms with Crippen LogP contribution in [0.15, 0.2) is 30.3 Å². The number of likely N-dealkylation sites (tertiary alicyclic amines) is 1. The second-order valence-corrected chi connectivity index (χ2v) is 8.89. The van der Waals surface area contributed by atoms with Gasteiger partial charge in [-0.1, -0.05) is 23.7 Å². The summed E-state index contributed by atoms with van der Waals surface area (Å²) in [7, 11) is -1.04. The zero-order valence-electron chi connectivity index (χ0n) is 19.1. The summed E-state index contributed by atoms with van der Waals surface area (Å²) < 4.78 is 16.2. The molecule has 0 aliphatic carbocycles. The van der Waals surface area contributed by atoms with Crippen molar-refractivity contribution in [3.05, 3.63) is 57.6 Å². The number of carbonyl (C=O) groups is 2. The fourth-order valence-electron chi connectivity index (χ4n) is 4.26. The molecule has 34 heavy (non-hydrogen) atoms. The van der Waals surface area contributed by atoms with Crippen molar-refractivity contribution in [2.75, 3.05) is 32.8 Å². The Balaban J connectivity index is 1.22. The Morgan fingerprint density at radius 1 is 1.24 bits per heavy atom. The predicted octanol–water partition coefficient (Wildman–Crippen LogP) is 1.81. The van der Waals surface area contributed by atoms with Gasteiger partial charge in [-0.3, -0.25) is 14.5 Å². The number of nitrogens with one attached hydrogen (secondary N) is 1. The van der Waals surface area contributed by atoms with Gasteiger partial charge in [-0.05, 0) is 73.2 Å². The average Bonchev–Trinajstić information content (AvgIpc) is 3.48. The molecule has 2 aromatic rings. The summed E-state index contributed by atoms with van der Waals surface area (Å²) in [6.07, 6.45) is 2.48. The highest BCUT2D eigenvalue weighted by molar-refractivity contribution is 6.62. The number of amides is 1. The van der Waals surface area contributed by atoms with E-state index in [1.165, 1.54) is 12.8 Å². The molecule has 1 saturated heterocycles. The topological polar surface area (TPSA) is 97.3 Å². The van der Waals surface area contributed by atoms with E-state index in [1.807, 2.05) is 0 Å². The van der Waals surface area contributed by atoms with Gasteiger partial charge in [0.25, 0.3) is 5.91 Å². The molecule has 0 unspecified atom stereocenters. The molecule has 0 radical (unpaired) electrons. The van der Waals surface area contributed by atoms with Crippen LogP contribution in [0.3, 0.4) is 0 Å². The van der Waals surface area contributed by atoms with Gasteiger partial charge in [0.15, 0.2) is 0 Å². The average molecular weight is 487 g/mol. The second kappa shape index (κ2) is 11.2. The van der Waals surface area contributed by atoms with E-state index in [2.05, 4.69) is 10.2 Å². The van der Waals surface area contributed by atoms with Crippen molar-refractivity contribution in [1.82, 2.24) is 10.2 Å². The van der Waals surface area contributed by atoms with Crippen molar-refractivity contribution < 1.29 is 28.7 Å². The van der Waals surface area contributed by atoms with Gasteiger partial charge < -0.3 is 24.5 Å². The molecule has 0 aromatic heterocycles. The number of carbonyl (C=O) groups excluding carboxylic acids is 2. The third kappa shape index (κ3) is 5.91. The number of fused-ring (bicyclic) bond motifs is 1. The molecule has 0 atom stereocenters. The van der Waals surface area contributed by atoms with E-state index in [4.69, 9.17) is 25.7 Å². The number of esters is 1. The van der Waals surface area contributed by atoms with Crippen LogP contribution < -0.4 is 15.5 Å². The number of ether oxygens (including phenoxy) is 2. The van der Waals surface area contributed by atoms with Gasteiger partial charge in [0.2, 0.25) is 0 Å². The molecule has 4 rings (SSSR count). The molecule has 2 heterocycles. The largest absolute Gasteiger partial charge is 0.492 e. The smallest absolute Gasteiger partial charge is 0.491 e. The van der Waals surface area contributed by atoms with Crippen molar-refractivity contribution >= 4 is 36.1 Å². The quantitative estimate of drug-likeness (QED) is 0.412. The number of benzene rings is 2. The lowest BCUT2D eigenvalue weighted by Gasteiger charge is -2.15. The monoisotopic (exact) mass is 486 g/mol. The Hall–Kier alpha value is -2.59. The van der Waals surface area contributed by atoms with Crippen LogP contribution in [-0.4, -0.2) is 61.7 Å². The van der Waals surface area contributed by atoms with Gasteiger partial charge in [0, 0.05) is 12.1 Å². The highest BCUT2D eigenvalue weighted by Crippen LogP contribution is 2.26. The van der Waals surface area contributed by atoms with Crippen LogP contribution in [-0.2, 0) is 27.4 Å². The maximum atomic E-state index is 12.5. The van der Waals surface area contributed by atoms with Crippen LogP contribution in [0.5, 0.6) is 5.75 Å². The molecule has 180 valence electrons. The highest BCUT2D eigenvalue weighted by atomic mass is 35.5. The molecule has 0 saturated carbocycles. The Kier molecular flexibility index (Phi) is 8.10. The van der Waals surface area contributed by atoms with Gasteiger partial charge in [-0.2, -0.15) is 0 Å². The molecule has 2 aliphatic rings. The van der Waals surface area contributed by atoms with Crippen molar-refractivity contribution in [2.45, 2.75) is 33.0 Å². The fraction of sp³-hybridized carbons (Fsp3) is 0.417. The zero-order chi connectivity index (χ0) is 24.1. The summed E-state index contributed by atoms with van der Waals surface area (Å²) in [6, 6.07) is 8.68. The van der Waals surface area contributed by atoms with Crippen LogP contribution in [0.4, 0.5) is 0 Å². The summed E-state index contributed by atoms with van der Waals surface area (Å²) in [4.78, 5) is 27.0. The molecular weight excluding hydrogens is 459 g/mol. The molecule has 2 N–H and O–H groups in total. The first-order valence-corrected chi connectivity index (χ1v) is 11.8.